The maximum Gasteiger partial charge on any atom is 0.244 e. The van der Waals surface area contributed by atoms with Crippen LogP contribution in [0.1, 0.15) is 44.5 Å². The van der Waals surface area contributed by atoms with Crippen LogP contribution in [-0.2, 0) is 16.6 Å². The summed E-state index contributed by atoms with van der Waals surface area (Å²) in [6, 6.07) is 0.575. The highest BCUT2D eigenvalue weighted by Gasteiger charge is 2.26. The first-order chi connectivity index (χ1) is 9.85. The molecule has 2 N–H and O–H groups in total. The van der Waals surface area contributed by atoms with Gasteiger partial charge in [0.15, 0.2) is 0 Å². The molecule has 0 aliphatic heterocycles. The Morgan fingerprint density at radius 1 is 1.38 bits per heavy atom. The van der Waals surface area contributed by atoms with Gasteiger partial charge < -0.3 is 5.32 Å². The Labute approximate surface area is 127 Å². The molecule has 1 aliphatic carbocycles. The van der Waals surface area contributed by atoms with Crippen molar-refractivity contribution in [2.45, 2.75) is 70.5 Å². The van der Waals surface area contributed by atoms with E-state index in [0.717, 1.165) is 13.0 Å². The Balaban J connectivity index is 2.13. The van der Waals surface area contributed by atoms with Gasteiger partial charge in [-0.3, -0.25) is 4.68 Å². The molecule has 0 aromatic carbocycles. The van der Waals surface area contributed by atoms with Crippen LogP contribution in [0.5, 0.6) is 0 Å². The molecular formula is C14H26N4O2S. The van der Waals surface area contributed by atoms with Gasteiger partial charge in [-0.05, 0) is 40.0 Å². The third-order valence-electron chi connectivity index (χ3n) is 3.89. The van der Waals surface area contributed by atoms with Crippen molar-refractivity contribution in [1.82, 2.24) is 19.8 Å². The van der Waals surface area contributed by atoms with E-state index in [1.807, 2.05) is 20.8 Å². The third kappa shape index (κ3) is 4.05. The SMILES string of the molecule is CCC(C)NS(=O)(=O)c1c(C)nn(CCNC2CC2)c1C. The molecule has 1 aromatic rings. The maximum atomic E-state index is 12.5. The molecule has 1 atom stereocenters. The van der Waals surface area contributed by atoms with Crippen molar-refractivity contribution in [3.05, 3.63) is 11.4 Å². The highest BCUT2D eigenvalue weighted by molar-refractivity contribution is 7.89. The van der Waals surface area contributed by atoms with Gasteiger partial charge in [-0.1, -0.05) is 6.92 Å². The summed E-state index contributed by atoms with van der Waals surface area (Å²) in [7, 11) is -3.49. The van der Waals surface area contributed by atoms with E-state index in [9.17, 15) is 8.42 Å². The van der Waals surface area contributed by atoms with Gasteiger partial charge in [-0.15, -0.1) is 0 Å². The third-order valence-corrected chi connectivity index (χ3v) is 5.73. The van der Waals surface area contributed by atoms with Crippen LogP contribution in [0.4, 0.5) is 0 Å². The van der Waals surface area contributed by atoms with E-state index in [0.29, 0.717) is 28.9 Å². The number of hydrogen-bond acceptors (Lipinski definition) is 4. The lowest BCUT2D eigenvalue weighted by molar-refractivity contribution is 0.537. The summed E-state index contributed by atoms with van der Waals surface area (Å²) in [6.45, 7) is 8.92. The van der Waals surface area contributed by atoms with Crippen molar-refractivity contribution in [3.63, 3.8) is 0 Å². The normalized spacial score (nSPS) is 17.1. The van der Waals surface area contributed by atoms with E-state index >= 15 is 0 Å². The highest BCUT2D eigenvalue weighted by atomic mass is 32.2. The molecule has 21 heavy (non-hydrogen) atoms. The second kappa shape index (κ2) is 6.46. The van der Waals surface area contributed by atoms with Gasteiger partial charge in [-0.2, -0.15) is 5.10 Å². The molecule has 1 fully saturated rings. The summed E-state index contributed by atoms with van der Waals surface area (Å²) in [6.07, 6.45) is 3.25. The molecule has 0 amide bonds. The Morgan fingerprint density at radius 3 is 2.62 bits per heavy atom. The minimum Gasteiger partial charge on any atom is -0.312 e. The molecule has 0 radical (unpaired) electrons. The van der Waals surface area contributed by atoms with Crippen molar-refractivity contribution in [2.24, 2.45) is 0 Å². The van der Waals surface area contributed by atoms with Crippen LogP contribution in [0, 0.1) is 13.8 Å². The van der Waals surface area contributed by atoms with Crippen LogP contribution in [0.25, 0.3) is 0 Å². The lowest BCUT2D eigenvalue weighted by Crippen LogP contribution is -2.32. The van der Waals surface area contributed by atoms with Crippen LogP contribution in [0.15, 0.2) is 4.90 Å². The smallest absolute Gasteiger partial charge is 0.244 e. The van der Waals surface area contributed by atoms with Crippen molar-refractivity contribution in [1.29, 1.82) is 0 Å². The summed E-state index contributed by atoms with van der Waals surface area (Å²) in [4.78, 5) is 0.328. The van der Waals surface area contributed by atoms with E-state index in [1.165, 1.54) is 12.8 Å². The number of hydrogen-bond donors (Lipinski definition) is 2. The number of rotatable bonds is 8. The summed E-state index contributed by atoms with van der Waals surface area (Å²) in [5.74, 6) is 0. The summed E-state index contributed by atoms with van der Waals surface area (Å²) in [5.41, 5.74) is 1.27. The van der Waals surface area contributed by atoms with Crippen LogP contribution in [-0.4, -0.2) is 36.8 Å². The van der Waals surface area contributed by atoms with Crippen molar-refractivity contribution in [3.8, 4) is 0 Å². The van der Waals surface area contributed by atoms with Gasteiger partial charge in [0.2, 0.25) is 10.0 Å². The summed E-state index contributed by atoms with van der Waals surface area (Å²) >= 11 is 0. The first-order valence-corrected chi connectivity index (χ1v) is 9.13. The quantitative estimate of drug-likeness (QED) is 0.759. The lowest BCUT2D eigenvalue weighted by atomic mass is 10.3. The van der Waals surface area contributed by atoms with Crippen molar-refractivity contribution < 1.29 is 8.42 Å². The molecule has 1 aliphatic rings. The van der Waals surface area contributed by atoms with Crippen LogP contribution < -0.4 is 10.0 Å². The molecule has 1 heterocycles. The van der Waals surface area contributed by atoms with E-state index in [1.54, 1.807) is 11.6 Å². The predicted octanol–water partition coefficient (Wildman–Crippen LogP) is 1.33. The number of aromatic nitrogens is 2. The highest BCUT2D eigenvalue weighted by Crippen LogP contribution is 2.20. The van der Waals surface area contributed by atoms with Gasteiger partial charge in [0, 0.05) is 18.6 Å². The number of nitrogens with one attached hydrogen (secondary N) is 2. The van der Waals surface area contributed by atoms with Gasteiger partial charge in [-0.25, -0.2) is 13.1 Å². The average molecular weight is 314 g/mol. The molecule has 2 rings (SSSR count). The lowest BCUT2D eigenvalue weighted by Gasteiger charge is -2.12. The van der Waals surface area contributed by atoms with Crippen molar-refractivity contribution in [2.75, 3.05) is 6.54 Å². The minimum atomic E-state index is -3.49. The monoisotopic (exact) mass is 314 g/mol. The molecule has 0 bridgehead atoms. The van der Waals surface area contributed by atoms with E-state index in [2.05, 4.69) is 15.1 Å². The first-order valence-electron chi connectivity index (χ1n) is 7.65. The summed E-state index contributed by atoms with van der Waals surface area (Å²) in [5, 5.41) is 7.80. The van der Waals surface area contributed by atoms with Gasteiger partial charge in [0.25, 0.3) is 0 Å². The Morgan fingerprint density at radius 2 is 2.05 bits per heavy atom. The molecule has 6 nitrogen and oxygen atoms in total. The fourth-order valence-electron chi connectivity index (χ4n) is 2.36. The second-order valence-electron chi connectivity index (χ2n) is 5.88. The van der Waals surface area contributed by atoms with Gasteiger partial charge in [0.1, 0.15) is 4.90 Å². The Kier molecular flexibility index (Phi) is 5.06. The van der Waals surface area contributed by atoms with Crippen LogP contribution >= 0.6 is 0 Å². The number of aryl methyl sites for hydroxylation is 1. The largest absolute Gasteiger partial charge is 0.312 e. The fraction of sp³-hybridized carbons (Fsp3) is 0.786. The van der Waals surface area contributed by atoms with Crippen LogP contribution in [0.3, 0.4) is 0 Å². The molecular weight excluding hydrogens is 288 g/mol. The first kappa shape index (κ1) is 16.5. The van der Waals surface area contributed by atoms with Gasteiger partial charge >= 0.3 is 0 Å². The van der Waals surface area contributed by atoms with Crippen molar-refractivity contribution >= 4 is 10.0 Å². The summed E-state index contributed by atoms with van der Waals surface area (Å²) < 4.78 is 29.4. The van der Waals surface area contributed by atoms with Crippen LogP contribution in [0.2, 0.25) is 0 Å². The zero-order valence-corrected chi connectivity index (χ0v) is 14.1. The standard InChI is InChI=1S/C14H26N4O2S/c1-5-10(2)17-21(19,20)14-11(3)16-18(12(14)4)9-8-15-13-6-7-13/h10,13,15,17H,5-9H2,1-4H3. The molecule has 1 unspecified atom stereocenters. The average Bonchev–Trinajstić information content (AvgIpc) is 3.15. The minimum absolute atomic E-state index is 0.0753. The molecule has 1 aromatic heterocycles. The molecule has 0 saturated heterocycles. The van der Waals surface area contributed by atoms with E-state index < -0.39 is 10.0 Å². The molecule has 7 heteroatoms. The predicted molar refractivity (Wildman–Crippen MR) is 82.8 cm³/mol. The van der Waals surface area contributed by atoms with Gasteiger partial charge in [0.05, 0.1) is 17.9 Å². The topological polar surface area (TPSA) is 76.0 Å². The second-order valence-corrected chi connectivity index (χ2v) is 7.53. The maximum absolute atomic E-state index is 12.5. The molecule has 0 spiro atoms. The molecule has 120 valence electrons. The van der Waals surface area contributed by atoms with E-state index in [4.69, 9.17) is 0 Å². The molecule has 1 saturated carbocycles. The zero-order chi connectivity index (χ0) is 15.6. The number of sulfonamides is 1. The number of nitrogens with zero attached hydrogens (tertiary/aromatic N) is 2. The fourth-order valence-corrected chi connectivity index (χ4v) is 4.09. The zero-order valence-electron chi connectivity index (χ0n) is 13.3. The van der Waals surface area contributed by atoms with E-state index in [-0.39, 0.29) is 6.04 Å². The Hall–Kier alpha value is -0.920. The Bertz CT molecular complexity index is 590.